The lowest BCUT2D eigenvalue weighted by atomic mass is 10.2. The Balaban J connectivity index is 2.27. The van der Waals surface area contributed by atoms with Crippen molar-refractivity contribution in [3.63, 3.8) is 0 Å². The summed E-state index contributed by atoms with van der Waals surface area (Å²) in [4.78, 5) is 0. The summed E-state index contributed by atoms with van der Waals surface area (Å²) >= 11 is 0. The van der Waals surface area contributed by atoms with Crippen molar-refractivity contribution in [2.24, 2.45) is 0 Å². The number of rotatable bonds is 3. The van der Waals surface area contributed by atoms with Gasteiger partial charge in [-0.2, -0.15) is 0 Å². The third-order valence-corrected chi connectivity index (χ3v) is 3.34. The van der Waals surface area contributed by atoms with Crippen molar-refractivity contribution in [1.82, 2.24) is 14.4 Å². The summed E-state index contributed by atoms with van der Waals surface area (Å²) in [5.74, 6) is -0.0722. The molecule has 0 amide bonds. The highest BCUT2D eigenvalue weighted by Gasteiger charge is 2.14. The van der Waals surface area contributed by atoms with Crippen LogP contribution in [0.4, 0.5) is 0 Å². The minimum atomic E-state index is -3.43. The quantitative estimate of drug-likeness (QED) is 0.766. The number of aromatic nitrogens is 3. The minimum Gasteiger partial charge on any atom is -0.204 e. The third-order valence-electron chi connectivity index (χ3n) is 1.88. The molecule has 1 aromatic carbocycles. The Labute approximate surface area is 87.4 Å². The van der Waals surface area contributed by atoms with Crippen molar-refractivity contribution < 1.29 is 8.42 Å². The number of nitrogens with zero attached hydrogens (tertiary/aromatic N) is 3. The molecule has 2 aromatic rings. The maximum absolute atomic E-state index is 11.7. The van der Waals surface area contributed by atoms with Crippen molar-refractivity contribution in [2.45, 2.75) is 5.75 Å². The average molecular weight is 223 g/mol. The van der Waals surface area contributed by atoms with Gasteiger partial charge in [0.15, 0.2) is 0 Å². The average Bonchev–Trinajstić information content (AvgIpc) is 2.71. The van der Waals surface area contributed by atoms with Crippen LogP contribution in [-0.4, -0.2) is 22.8 Å². The first-order chi connectivity index (χ1) is 7.18. The predicted octanol–water partition coefficient (Wildman–Crippen LogP) is 0.656. The van der Waals surface area contributed by atoms with Gasteiger partial charge in [-0.05, 0) is 5.56 Å². The number of hydrogen-bond acceptors (Lipinski definition) is 4. The summed E-state index contributed by atoms with van der Waals surface area (Å²) < 4.78 is 24.3. The number of hydrogen-bond donors (Lipinski definition) is 0. The first kappa shape index (κ1) is 9.85. The molecular formula is C9H9N3O2S. The molecular weight excluding hydrogens is 214 g/mol. The van der Waals surface area contributed by atoms with Crippen LogP contribution in [0, 0.1) is 0 Å². The van der Waals surface area contributed by atoms with E-state index in [1.54, 1.807) is 24.3 Å². The molecule has 15 heavy (non-hydrogen) atoms. The van der Waals surface area contributed by atoms with E-state index in [0.29, 0.717) is 0 Å². The highest BCUT2D eigenvalue weighted by atomic mass is 32.2. The Bertz CT molecular complexity index is 520. The van der Waals surface area contributed by atoms with Crippen LogP contribution in [0.1, 0.15) is 5.56 Å². The van der Waals surface area contributed by atoms with Crippen LogP contribution in [0.5, 0.6) is 0 Å². The van der Waals surface area contributed by atoms with Crippen molar-refractivity contribution in [3.05, 3.63) is 48.3 Å². The van der Waals surface area contributed by atoms with Gasteiger partial charge >= 0.3 is 0 Å². The monoisotopic (exact) mass is 223 g/mol. The third kappa shape index (κ3) is 2.21. The van der Waals surface area contributed by atoms with E-state index in [9.17, 15) is 8.42 Å². The summed E-state index contributed by atoms with van der Waals surface area (Å²) in [5, 5.41) is 6.93. The molecule has 0 saturated carbocycles. The van der Waals surface area contributed by atoms with E-state index in [1.165, 1.54) is 12.4 Å². The molecule has 0 fully saturated rings. The summed E-state index contributed by atoms with van der Waals surface area (Å²) in [7, 11) is -3.43. The molecule has 0 saturated heterocycles. The van der Waals surface area contributed by atoms with E-state index in [0.717, 1.165) is 9.65 Å². The predicted molar refractivity (Wildman–Crippen MR) is 54.5 cm³/mol. The molecule has 1 heterocycles. The van der Waals surface area contributed by atoms with Crippen molar-refractivity contribution >= 4 is 10.0 Å². The van der Waals surface area contributed by atoms with E-state index >= 15 is 0 Å². The summed E-state index contributed by atoms with van der Waals surface area (Å²) in [6.07, 6.45) is 2.65. The molecule has 0 aliphatic rings. The molecule has 0 atom stereocenters. The second-order valence-electron chi connectivity index (χ2n) is 3.02. The van der Waals surface area contributed by atoms with Crippen molar-refractivity contribution in [3.8, 4) is 0 Å². The van der Waals surface area contributed by atoms with Crippen LogP contribution >= 0.6 is 0 Å². The first-order valence-corrected chi connectivity index (χ1v) is 5.93. The molecule has 2 rings (SSSR count). The molecule has 0 bridgehead atoms. The van der Waals surface area contributed by atoms with Gasteiger partial charge in [0, 0.05) is 0 Å². The lowest BCUT2D eigenvalue weighted by molar-refractivity contribution is 0.576. The smallest absolute Gasteiger partial charge is 0.204 e. The van der Waals surface area contributed by atoms with Crippen molar-refractivity contribution in [1.29, 1.82) is 0 Å². The van der Waals surface area contributed by atoms with Gasteiger partial charge in [0.25, 0.3) is 10.0 Å². The Morgan fingerprint density at radius 3 is 2.53 bits per heavy atom. The van der Waals surface area contributed by atoms with Gasteiger partial charge in [-0.3, -0.25) is 0 Å². The lowest BCUT2D eigenvalue weighted by Crippen LogP contribution is -2.15. The maximum atomic E-state index is 11.7. The largest absolute Gasteiger partial charge is 0.259 e. The zero-order valence-electron chi connectivity index (χ0n) is 7.81. The number of benzene rings is 1. The fourth-order valence-corrected chi connectivity index (χ4v) is 2.34. The van der Waals surface area contributed by atoms with E-state index in [4.69, 9.17) is 0 Å². The molecule has 5 nitrogen and oxygen atoms in total. The van der Waals surface area contributed by atoms with E-state index in [1.807, 2.05) is 6.07 Å². The van der Waals surface area contributed by atoms with Gasteiger partial charge < -0.3 is 0 Å². The fourth-order valence-electron chi connectivity index (χ4n) is 1.20. The molecule has 0 radical (unpaired) electrons. The second-order valence-corrected chi connectivity index (χ2v) is 4.84. The summed E-state index contributed by atoms with van der Waals surface area (Å²) in [6, 6.07) is 8.95. The van der Waals surface area contributed by atoms with Crippen LogP contribution in [0.2, 0.25) is 0 Å². The molecule has 0 aliphatic carbocycles. The van der Waals surface area contributed by atoms with E-state index in [-0.39, 0.29) is 5.75 Å². The zero-order chi connectivity index (χ0) is 10.7. The second kappa shape index (κ2) is 3.82. The topological polar surface area (TPSA) is 64.8 Å². The van der Waals surface area contributed by atoms with Crippen LogP contribution in [0.15, 0.2) is 42.7 Å². The Hall–Kier alpha value is -1.69. The van der Waals surface area contributed by atoms with Crippen molar-refractivity contribution in [2.75, 3.05) is 0 Å². The van der Waals surface area contributed by atoms with Crippen LogP contribution in [0.3, 0.4) is 0 Å². The van der Waals surface area contributed by atoms with Gasteiger partial charge in [-0.25, -0.2) is 8.42 Å². The van der Waals surface area contributed by atoms with E-state index < -0.39 is 10.0 Å². The minimum absolute atomic E-state index is 0.0722. The molecule has 0 unspecified atom stereocenters. The van der Waals surface area contributed by atoms with E-state index in [2.05, 4.69) is 10.3 Å². The van der Waals surface area contributed by atoms with Gasteiger partial charge in [-0.1, -0.05) is 35.5 Å². The normalized spacial score (nSPS) is 11.5. The Morgan fingerprint density at radius 2 is 1.93 bits per heavy atom. The van der Waals surface area contributed by atoms with Gasteiger partial charge in [-0.15, -0.1) is 9.19 Å². The molecule has 0 N–H and O–H groups in total. The highest BCUT2D eigenvalue weighted by Crippen LogP contribution is 2.06. The first-order valence-electron chi connectivity index (χ1n) is 4.32. The zero-order valence-corrected chi connectivity index (χ0v) is 8.63. The molecule has 6 heteroatoms. The Kier molecular flexibility index (Phi) is 2.51. The van der Waals surface area contributed by atoms with Gasteiger partial charge in [0.05, 0.1) is 18.1 Å². The lowest BCUT2D eigenvalue weighted by Gasteiger charge is -2.02. The molecule has 0 spiro atoms. The maximum Gasteiger partial charge on any atom is 0.259 e. The molecule has 78 valence electrons. The Morgan fingerprint density at radius 1 is 1.20 bits per heavy atom. The molecule has 1 aromatic heterocycles. The van der Waals surface area contributed by atoms with Crippen LogP contribution in [0.25, 0.3) is 0 Å². The summed E-state index contributed by atoms with van der Waals surface area (Å²) in [5.41, 5.74) is 0.730. The molecule has 0 aliphatic heterocycles. The van der Waals surface area contributed by atoms with Gasteiger partial charge in [0.1, 0.15) is 0 Å². The van der Waals surface area contributed by atoms with Crippen LogP contribution in [-0.2, 0) is 15.8 Å². The fraction of sp³-hybridized carbons (Fsp3) is 0.111. The van der Waals surface area contributed by atoms with Crippen LogP contribution < -0.4 is 0 Å². The highest BCUT2D eigenvalue weighted by molar-refractivity contribution is 7.89. The standard InChI is InChI=1S/C9H9N3O2S/c13-15(14,12-7-6-10-11-12)8-9-4-2-1-3-5-9/h1-7H,8H2. The SMILES string of the molecule is O=S(=O)(Cc1ccccc1)n1ccnn1. The summed E-state index contributed by atoms with van der Waals surface area (Å²) in [6.45, 7) is 0. The van der Waals surface area contributed by atoms with Gasteiger partial charge in [0.2, 0.25) is 0 Å².